The molecule has 5 heteroatoms. The number of fused-ring (bicyclic) bond motifs is 1. The van der Waals surface area contributed by atoms with E-state index >= 15 is 0 Å². The van der Waals surface area contributed by atoms with Crippen LogP contribution in [0.15, 0.2) is 24.3 Å². The number of benzene rings is 1. The van der Waals surface area contributed by atoms with Crippen molar-refractivity contribution in [3.8, 4) is 0 Å². The molecular formula is C15H18N4O. The van der Waals surface area contributed by atoms with Gasteiger partial charge in [-0.2, -0.15) is 0 Å². The van der Waals surface area contributed by atoms with Crippen molar-refractivity contribution in [3.63, 3.8) is 0 Å². The van der Waals surface area contributed by atoms with Crippen molar-refractivity contribution in [2.45, 2.75) is 25.8 Å². The summed E-state index contributed by atoms with van der Waals surface area (Å²) in [5.41, 5.74) is 2.69. The molecule has 2 aromatic rings. The molecule has 1 saturated heterocycles. The van der Waals surface area contributed by atoms with Crippen molar-refractivity contribution in [1.82, 2.24) is 14.9 Å². The predicted octanol–water partition coefficient (Wildman–Crippen LogP) is 1.97. The smallest absolute Gasteiger partial charge is 0.222 e. The molecule has 1 fully saturated rings. The standard InChI is InChI=1S/C15H18N4O/c1-10-15(17-11-7-8-14(20)19(2)9-11)18-13-6-4-3-5-12(13)16-10/h3-6,11H,7-9H2,1-2H3,(H,17,18). The van der Waals surface area contributed by atoms with Crippen LogP contribution >= 0.6 is 0 Å². The molecule has 2 heterocycles. The highest BCUT2D eigenvalue weighted by atomic mass is 16.2. The lowest BCUT2D eigenvalue weighted by molar-refractivity contribution is -0.132. The Morgan fingerprint density at radius 1 is 1.25 bits per heavy atom. The number of piperidine rings is 1. The van der Waals surface area contributed by atoms with E-state index in [0.717, 1.165) is 29.0 Å². The monoisotopic (exact) mass is 270 g/mol. The number of aryl methyl sites for hydroxylation is 1. The molecule has 20 heavy (non-hydrogen) atoms. The summed E-state index contributed by atoms with van der Waals surface area (Å²) >= 11 is 0. The Hall–Kier alpha value is -2.17. The SMILES string of the molecule is Cc1nc2ccccc2nc1NC1CCC(=O)N(C)C1. The number of likely N-dealkylation sites (N-methyl/N-ethyl adjacent to an activating group) is 1. The number of anilines is 1. The van der Waals surface area contributed by atoms with Gasteiger partial charge in [-0.05, 0) is 25.5 Å². The summed E-state index contributed by atoms with van der Waals surface area (Å²) in [4.78, 5) is 22.5. The maximum absolute atomic E-state index is 11.5. The Kier molecular flexibility index (Phi) is 3.26. The van der Waals surface area contributed by atoms with E-state index in [0.29, 0.717) is 13.0 Å². The number of rotatable bonds is 2. The quantitative estimate of drug-likeness (QED) is 0.906. The van der Waals surface area contributed by atoms with E-state index in [1.165, 1.54) is 0 Å². The fourth-order valence-electron chi connectivity index (χ4n) is 2.55. The lowest BCUT2D eigenvalue weighted by Gasteiger charge is -2.30. The molecule has 5 nitrogen and oxygen atoms in total. The molecule has 0 radical (unpaired) electrons. The van der Waals surface area contributed by atoms with E-state index in [4.69, 9.17) is 0 Å². The molecule has 1 amide bonds. The van der Waals surface area contributed by atoms with E-state index < -0.39 is 0 Å². The van der Waals surface area contributed by atoms with Crippen LogP contribution in [0.4, 0.5) is 5.82 Å². The first-order valence-corrected chi connectivity index (χ1v) is 6.87. The molecule has 1 atom stereocenters. The van der Waals surface area contributed by atoms with Gasteiger partial charge in [-0.25, -0.2) is 9.97 Å². The van der Waals surface area contributed by atoms with Gasteiger partial charge in [0, 0.05) is 26.1 Å². The van der Waals surface area contributed by atoms with Gasteiger partial charge in [0.25, 0.3) is 0 Å². The van der Waals surface area contributed by atoms with Crippen molar-refractivity contribution in [1.29, 1.82) is 0 Å². The van der Waals surface area contributed by atoms with E-state index in [1.54, 1.807) is 4.90 Å². The van der Waals surface area contributed by atoms with Crippen LogP contribution in [0.25, 0.3) is 11.0 Å². The summed E-state index contributed by atoms with van der Waals surface area (Å²) in [7, 11) is 1.84. The van der Waals surface area contributed by atoms with Gasteiger partial charge in [0.2, 0.25) is 5.91 Å². The third-order valence-corrected chi connectivity index (χ3v) is 3.71. The molecule has 1 N–H and O–H groups in total. The Bertz CT molecular complexity index is 655. The van der Waals surface area contributed by atoms with Gasteiger partial charge in [-0.15, -0.1) is 0 Å². The number of para-hydroxylation sites is 2. The van der Waals surface area contributed by atoms with Crippen LogP contribution in [-0.4, -0.2) is 40.4 Å². The highest BCUT2D eigenvalue weighted by Gasteiger charge is 2.23. The Balaban J connectivity index is 1.83. The molecular weight excluding hydrogens is 252 g/mol. The first kappa shape index (κ1) is 12.8. The van der Waals surface area contributed by atoms with Crippen molar-refractivity contribution in [2.75, 3.05) is 18.9 Å². The van der Waals surface area contributed by atoms with Crippen molar-refractivity contribution in [2.24, 2.45) is 0 Å². The number of hydrogen-bond acceptors (Lipinski definition) is 4. The number of nitrogens with zero attached hydrogens (tertiary/aromatic N) is 3. The van der Waals surface area contributed by atoms with Gasteiger partial charge in [0.1, 0.15) is 5.82 Å². The lowest BCUT2D eigenvalue weighted by Crippen LogP contribution is -2.43. The number of carbonyl (C=O) groups excluding carboxylic acids is 1. The van der Waals surface area contributed by atoms with Crippen LogP contribution in [0.1, 0.15) is 18.5 Å². The highest BCUT2D eigenvalue weighted by Crippen LogP contribution is 2.19. The molecule has 0 spiro atoms. The topological polar surface area (TPSA) is 58.1 Å². The van der Waals surface area contributed by atoms with Crippen molar-refractivity contribution in [3.05, 3.63) is 30.0 Å². The number of aromatic nitrogens is 2. The van der Waals surface area contributed by atoms with E-state index in [1.807, 2.05) is 38.2 Å². The van der Waals surface area contributed by atoms with E-state index in [2.05, 4.69) is 15.3 Å². The Morgan fingerprint density at radius 3 is 2.65 bits per heavy atom. The molecule has 0 aliphatic carbocycles. The highest BCUT2D eigenvalue weighted by molar-refractivity contribution is 5.78. The molecule has 1 aromatic heterocycles. The Labute approximate surface area is 118 Å². The van der Waals surface area contributed by atoms with Crippen LogP contribution in [0.3, 0.4) is 0 Å². The summed E-state index contributed by atoms with van der Waals surface area (Å²) in [5, 5.41) is 3.42. The fourth-order valence-corrected chi connectivity index (χ4v) is 2.55. The Morgan fingerprint density at radius 2 is 1.95 bits per heavy atom. The van der Waals surface area contributed by atoms with E-state index in [-0.39, 0.29) is 11.9 Å². The summed E-state index contributed by atoms with van der Waals surface area (Å²) in [6, 6.07) is 8.09. The maximum atomic E-state index is 11.5. The number of hydrogen-bond donors (Lipinski definition) is 1. The molecule has 1 aliphatic rings. The third-order valence-electron chi connectivity index (χ3n) is 3.71. The zero-order valence-electron chi connectivity index (χ0n) is 11.8. The van der Waals surface area contributed by atoms with Crippen LogP contribution in [0, 0.1) is 6.92 Å². The molecule has 1 unspecified atom stereocenters. The molecule has 0 bridgehead atoms. The van der Waals surface area contributed by atoms with Crippen LogP contribution in [0.2, 0.25) is 0 Å². The van der Waals surface area contributed by atoms with Crippen molar-refractivity contribution >= 4 is 22.8 Å². The first-order chi connectivity index (χ1) is 9.63. The van der Waals surface area contributed by atoms with Crippen LogP contribution in [0.5, 0.6) is 0 Å². The van der Waals surface area contributed by atoms with Crippen LogP contribution < -0.4 is 5.32 Å². The minimum Gasteiger partial charge on any atom is -0.364 e. The van der Waals surface area contributed by atoms with Gasteiger partial charge >= 0.3 is 0 Å². The molecule has 1 aromatic carbocycles. The van der Waals surface area contributed by atoms with Gasteiger partial charge in [-0.3, -0.25) is 4.79 Å². The summed E-state index contributed by atoms with van der Waals surface area (Å²) in [5.74, 6) is 1.03. The second-order valence-electron chi connectivity index (χ2n) is 5.30. The number of nitrogens with one attached hydrogen (secondary N) is 1. The number of carbonyl (C=O) groups is 1. The van der Waals surface area contributed by atoms with Crippen molar-refractivity contribution < 1.29 is 4.79 Å². The average Bonchev–Trinajstić information content (AvgIpc) is 2.44. The maximum Gasteiger partial charge on any atom is 0.222 e. The van der Waals surface area contributed by atoms with Gasteiger partial charge in [0.15, 0.2) is 0 Å². The average molecular weight is 270 g/mol. The molecule has 1 aliphatic heterocycles. The normalized spacial score (nSPS) is 19.4. The zero-order valence-corrected chi connectivity index (χ0v) is 11.8. The minimum absolute atomic E-state index is 0.212. The number of amides is 1. The minimum atomic E-state index is 0.212. The van der Waals surface area contributed by atoms with Gasteiger partial charge in [0.05, 0.1) is 16.7 Å². The number of likely N-dealkylation sites (tertiary alicyclic amines) is 1. The van der Waals surface area contributed by atoms with Gasteiger partial charge < -0.3 is 10.2 Å². The summed E-state index contributed by atoms with van der Waals surface area (Å²) < 4.78 is 0. The van der Waals surface area contributed by atoms with Gasteiger partial charge in [-0.1, -0.05) is 12.1 Å². The summed E-state index contributed by atoms with van der Waals surface area (Å²) in [6.07, 6.45) is 1.44. The van der Waals surface area contributed by atoms with E-state index in [9.17, 15) is 4.79 Å². The summed E-state index contributed by atoms with van der Waals surface area (Å²) in [6.45, 7) is 2.67. The molecule has 0 saturated carbocycles. The second-order valence-corrected chi connectivity index (χ2v) is 5.30. The molecule has 104 valence electrons. The lowest BCUT2D eigenvalue weighted by atomic mass is 10.1. The van der Waals surface area contributed by atoms with Crippen LogP contribution in [-0.2, 0) is 4.79 Å². The first-order valence-electron chi connectivity index (χ1n) is 6.87. The largest absolute Gasteiger partial charge is 0.364 e. The fraction of sp³-hybridized carbons (Fsp3) is 0.400. The predicted molar refractivity (Wildman–Crippen MR) is 78.6 cm³/mol. The second kappa shape index (κ2) is 5.07. The third kappa shape index (κ3) is 2.43. The molecule has 3 rings (SSSR count). The zero-order chi connectivity index (χ0) is 14.1.